The summed E-state index contributed by atoms with van der Waals surface area (Å²) in [4.78, 5) is 12.3. The van der Waals surface area contributed by atoms with Crippen molar-refractivity contribution in [2.24, 2.45) is 0 Å². The van der Waals surface area contributed by atoms with E-state index in [1.165, 1.54) is 0 Å². The minimum absolute atomic E-state index is 0.272. The van der Waals surface area contributed by atoms with E-state index in [2.05, 4.69) is 15.5 Å². The third kappa shape index (κ3) is 4.02. The van der Waals surface area contributed by atoms with Crippen molar-refractivity contribution in [1.82, 2.24) is 14.8 Å². The molecule has 0 saturated carbocycles. The summed E-state index contributed by atoms with van der Waals surface area (Å²) in [5, 5.41) is 11.4. The van der Waals surface area contributed by atoms with Gasteiger partial charge < -0.3 is 14.6 Å². The summed E-state index contributed by atoms with van der Waals surface area (Å²) in [7, 11) is 0. The Morgan fingerprint density at radius 3 is 2.32 bits per heavy atom. The van der Waals surface area contributed by atoms with Gasteiger partial charge in [-0.25, -0.2) is 0 Å². The monoisotopic (exact) mass is 390 g/mol. The van der Waals surface area contributed by atoms with Crippen molar-refractivity contribution in [1.29, 1.82) is 0 Å². The standard InChI is InChI=1S/C21H15ClN4O2/c22-18-6-2-1-5-17(18)21(27)23-15-7-9-16(10-8-15)28-20-12-11-19(24-25-20)26-13-3-4-14-26/h1-14H,(H,23,27). The lowest BCUT2D eigenvalue weighted by molar-refractivity contribution is 0.102. The van der Waals surface area contributed by atoms with E-state index in [0.717, 1.165) is 0 Å². The number of hydrogen-bond donors (Lipinski definition) is 1. The van der Waals surface area contributed by atoms with Gasteiger partial charge in [-0.05, 0) is 54.6 Å². The van der Waals surface area contributed by atoms with Gasteiger partial charge in [0.2, 0.25) is 5.88 Å². The smallest absolute Gasteiger partial charge is 0.257 e. The molecule has 1 amide bonds. The van der Waals surface area contributed by atoms with Crippen LogP contribution < -0.4 is 10.1 Å². The summed E-state index contributed by atoms with van der Waals surface area (Å²) in [6.45, 7) is 0. The number of nitrogens with zero attached hydrogens (tertiary/aromatic N) is 3. The molecule has 0 aliphatic carbocycles. The molecule has 0 radical (unpaired) electrons. The molecule has 0 bridgehead atoms. The maximum absolute atomic E-state index is 12.3. The molecule has 138 valence electrons. The summed E-state index contributed by atoms with van der Waals surface area (Å²) >= 11 is 6.05. The van der Waals surface area contributed by atoms with Crippen molar-refractivity contribution in [2.75, 3.05) is 5.32 Å². The number of anilines is 1. The lowest BCUT2D eigenvalue weighted by Gasteiger charge is -2.08. The number of ether oxygens (including phenoxy) is 1. The van der Waals surface area contributed by atoms with Gasteiger partial charge in [-0.15, -0.1) is 10.2 Å². The number of aromatic nitrogens is 3. The molecule has 7 heteroatoms. The molecule has 0 spiro atoms. The molecular weight excluding hydrogens is 376 g/mol. The molecule has 0 atom stereocenters. The highest BCUT2D eigenvalue weighted by atomic mass is 35.5. The molecule has 2 aromatic heterocycles. The molecule has 2 heterocycles. The van der Waals surface area contributed by atoms with Gasteiger partial charge in [0, 0.05) is 24.1 Å². The number of carbonyl (C=O) groups excluding carboxylic acids is 1. The van der Waals surface area contributed by atoms with Crippen molar-refractivity contribution in [2.45, 2.75) is 0 Å². The Balaban J connectivity index is 1.41. The molecular formula is C21H15ClN4O2. The fourth-order valence-corrected chi connectivity index (χ4v) is 2.78. The van der Waals surface area contributed by atoms with Crippen LogP contribution in [0, 0.1) is 0 Å². The highest BCUT2D eigenvalue weighted by molar-refractivity contribution is 6.34. The molecule has 28 heavy (non-hydrogen) atoms. The van der Waals surface area contributed by atoms with Crippen LogP contribution in [-0.4, -0.2) is 20.7 Å². The van der Waals surface area contributed by atoms with Gasteiger partial charge in [0.15, 0.2) is 5.82 Å². The summed E-state index contributed by atoms with van der Waals surface area (Å²) in [5.74, 6) is 1.39. The number of carbonyl (C=O) groups is 1. The summed E-state index contributed by atoms with van der Waals surface area (Å²) < 4.78 is 7.55. The van der Waals surface area contributed by atoms with Crippen LogP contribution >= 0.6 is 11.6 Å². The lowest BCUT2D eigenvalue weighted by atomic mass is 10.2. The zero-order chi connectivity index (χ0) is 19.3. The summed E-state index contributed by atoms with van der Waals surface area (Å²) in [6, 6.07) is 21.2. The molecule has 4 aromatic rings. The van der Waals surface area contributed by atoms with Crippen LogP contribution in [0.15, 0.2) is 85.2 Å². The zero-order valence-electron chi connectivity index (χ0n) is 14.6. The number of rotatable bonds is 5. The first kappa shape index (κ1) is 17.8. The molecule has 0 saturated heterocycles. The first-order valence-corrected chi connectivity index (χ1v) is 8.88. The summed E-state index contributed by atoms with van der Waals surface area (Å²) in [5.41, 5.74) is 1.05. The fourth-order valence-electron chi connectivity index (χ4n) is 2.56. The Morgan fingerprint density at radius 1 is 0.893 bits per heavy atom. The quantitative estimate of drug-likeness (QED) is 0.522. The van der Waals surface area contributed by atoms with Crippen LogP contribution in [0.4, 0.5) is 5.69 Å². The molecule has 0 aliphatic heterocycles. The van der Waals surface area contributed by atoms with E-state index < -0.39 is 0 Å². The van der Waals surface area contributed by atoms with Crippen molar-refractivity contribution < 1.29 is 9.53 Å². The van der Waals surface area contributed by atoms with Gasteiger partial charge in [0.05, 0.1) is 10.6 Å². The molecule has 4 rings (SSSR count). The van der Waals surface area contributed by atoms with Crippen molar-refractivity contribution >= 4 is 23.2 Å². The normalized spacial score (nSPS) is 10.5. The van der Waals surface area contributed by atoms with Crippen LogP contribution in [-0.2, 0) is 0 Å². The lowest BCUT2D eigenvalue weighted by Crippen LogP contribution is -2.12. The SMILES string of the molecule is O=C(Nc1ccc(Oc2ccc(-n3cccc3)nn2)cc1)c1ccccc1Cl. The average molecular weight is 391 g/mol. The average Bonchev–Trinajstić information content (AvgIpc) is 3.25. The predicted octanol–water partition coefficient (Wildman–Crippen LogP) is 4.97. The van der Waals surface area contributed by atoms with E-state index in [9.17, 15) is 4.79 Å². The predicted molar refractivity (Wildman–Crippen MR) is 107 cm³/mol. The Kier molecular flexibility index (Phi) is 5.03. The highest BCUT2D eigenvalue weighted by Gasteiger charge is 2.10. The number of halogens is 1. The van der Waals surface area contributed by atoms with E-state index >= 15 is 0 Å². The minimum Gasteiger partial charge on any atom is -0.438 e. The molecule has 2 aromatic carbocycles. The van der Waals surface area contributed by atoms with E-state index in [4.69, 9.17) is 16.3 Å². The minimum atomic E-state index is -0.272. The first-order chi connectivity index (χ1) is 13.7. The number of benzene rings is 2. The molecule has 1 N–H and O–H groups in total. The second-order valence-corrected chi connectivity index (χ2v) is 6.29. The number of nitrogens with one attached hydrogen (secondary N) is 1. The molecule has 0 fully saturated rings. The Morgan fingerprint density at radius 2 is 1.64 bits per heavy atom. The molecule has 0 aliphatic rings. The number of amides is 1. The largest absolute Gasteiger partial charge is 0.438 e. The molecule has 6 nitrogen and oxygen atoms in total. The van der Waals surface area contributed by atoms with Gasteiger partial charge in [0.25, 0.3) is 5.91 Å². The Bertz CT molecular complexity index is 1080. The van der Waals surface area contributed by atoms with Gasteiger partial charge in [-0.3, -0.25) is 4.79 Å². The Labute approximate surface area is 166 Å². The molecule has 0 unspecified atom stereocenters. The fraction of sp³-hybridized carbons (Fsp3) is 0. The van der Waals surface area contributed by atoms with Gasteiger partial charge in [-0.1, -0.05) is 23.7 Å². The maximum Gasteiger partial charge on any atom is 0.257 e. The van der Waals surface area contributed by atoms with E-state index in [-0.39, 0.29) is 5.91 Å². The second-order valence-electron chi connectivity index (χ2n) is 5.88. The highest BCUT2D eigenvalue weighted by Crippen LogP contribution is 2.23. The third-order valence-corrected chi connectivity index (χ3v) is 4.28. The van der Waals surface area contributed by atoms with E-state index in [1.807, 2.05) is 35.2 Å². The van der Waals surface area contributed by atoms with E-state index in [0.29, 0.717) is 33.7 Å². The topological polar surface area (TPSA) is 69.0 Å². The van der Waals surface area contributed by atoms with E-state index in [1.54, 1.807) is 54.6 Å². The van der Waals surface area contributed by atoms with Crippen LogP contribution in [0.5, 0.6) is 11.6 Å². The van der Waals surface area contributed by atoms with Crippen molar-refractivity contribution in [3.63, 3.8) is 0 Å². The van der Waals surface area contributed by atoms with Gasteiger partial charge in [0.1, 0.15) is 5.75 Å². The third-order valence-electron chi connectivity index (χ3n) is 3.95. The van der Waals surface area contributed by atoms with Gasteiger partial charge >= 0.3 is 0 Å². The summed E-state index contributed by atoms with van der Waals surface area (Å²) in [6.07, 6.45) is 3.78. The zero-order valence-corrected chi connectivity index (χ0v) is 15.4. The van der Waals surface area contributed by atoms with Crippen molar-refractivity contribution in [3.05, 3.63) is 95.8 Å². The number of hydrogen-bond acceptors (Lipinski definition) is 4. The maximum atomic E-state index is 12.3. The van der Waals surface area contributed by atoms with Crippen LogP contribution in [0.1, 0.15) is 10.4 Å². The van der Waals surface area contributed by atoms with Crippen molar-refractivity contribution in [3.8, 4) is 17.4 Å². The van der Waals surface area contributed by atoms with Gasteiger partial charge in [-0.2, -0.15) is 0 Å². The first-order valence-electron chi connectivity index (χ1n) is 8.50. The second kappa shape index (κ2) is 7.94. The van der Waals surface area contributed by atoms with Crippen LogP contribution in [0.2, 0.25) is 5.02 Å². The van der Waals surface area contributed by atoms with Crippen LogP contribution in [0.25, 0.3) is 5.82 Å². The van der Waals surface area contributed by atoms with Crippen LogP contribution in [0.3, 0.4) is 0 Å². The Hall–Kier alpha value is -3.64.